The first-order valence-electron chi connectivity index (χ1n) is 12.0. The highest BCUT2D eigenvalue weighted by Gasteiger charge is 2.38. The molecule has 9 heteroatoms. The van der Waals surface area contributed by atoms with Crippen molar-refractivity contribution < 1.29 is 23.1 Å². The van der Waals surface area contributed by atoms with Crippen LogP contribution in [0.1, 0.15) is 33.3 Å². The second-order valence-electron chi connectivity index (χ2n) is 9.75. The highest BCUT2D eigenvalue weighted by Crippen LogP contribution is 2.36. The number of hydrogen-bond donors (Lipinski definition) is 2. The number of ether oxygens (including phenoxy) is 1. The van der Waals surface area contributed by atoms with Gasteiger partial charge in [0.25, 0.3) is 0 Å². The molecule has 1 aliphatic rings. The second-order valence-corrected chi connectivity index (χ2v) is 11.6. The van der Waals surface area contributed by atoms with Crippen molar-refractivity contribution in [1.29, 1.82) is 0 Å². The lowest BCUT2D eigenvalue weighted by Gasteiger charge is -2.37. The van der Waals surface area contributed by atoms with Gasteiger partial charge in [-0.25, -0.2) is 13.2 Å². The van der Waals surface area contributed by atoms with Crippen LogP contribution in [0.25, 0.3) is 11.1 Å². The molecule has 192 valence electrons. The number of carbonyl (C=O) groups is 1. The lowest BCUT2D eigenvalue weighted by atomic mass is 10.0. The van der Waals surface area contributed by atoms with Gasteiger partial charge < -0.3 is 20.1 Å². The molecule has 0 aliphatic carbocycles. The molecule has 2 aromatic carbocycles. The fraction of sp³-hybridized carbons (Fsp3) is 0.500. The maximum absolute atomic E-state index is 13.6. The molecule has 3 rings (SSSR count). The van der Waals surface area contributed by atoms with E-state index in [1.54, 1.807) is 37.1 Å². The van der Waals surface area contributed by atoms with Crippen molar-refractivity contribution in [3.05, 3.63) is 48.0 Å². The number of likely N-dealkylation sites (N-methyl/N-ethyl adjacent to an activating group) is 1. The SMILES string of the molecule is Cc1ccc(-c2ccc3c(c2)O[C@H](CN(C)C(=O)NC(C)C)[C@@H](C)CN([C@H](C)CO)S3(=O)=O)cc1. The number of urea groups is 1. The molecule has 0 bridgehead atoms. The van der Waals surface area contributed by atoms with Gasteiger partial charge in [0, 0.05) is 31.6 Å². The molecule has 2 amide bonds. The first-order chi connectivity index (χ1) is 16.4. The zero-order chi connectivity index (χ0) is 25.9. The van der Waals surface area contributed by atoms with Gasteiger partial charge in [0.15, 0.2) is 0 Å². The number of sulfonamides is 1. The fourth-order valence-corrected chi connectivity index (χ4v) is 5.90. The highest BCUT2D eigenvalue weighted by atomic mass is 32.2. The number of carbonyl (C=O) groups excluding carboxylic acids is 1. The van der Waals surface area contributed by atoms with Crippen molar-refractivity contribution in [3.8, 4) is 16.9 Å². The van der Waals surface area contributed by atoms with E-state index in [1.165, 1.54) is 4.31 Å². The Balaban J connectivity index is 2.06. The third-order valence-corrected chi connectivity index (χ3v) is 8.28. The van der Waals surface area contributed by atoms with Gasteiger partial charge in [-0.3, -0.25) is 0 Å². The smallest absolute Gasteiger partial charge is 0.317 e. The molecule has 0 aromatic heterocycles. The van der Waals surface area contributed by atoms with Gasteiger partial charge in [-0.05, 0) is 51.0 Å². The molecule has 8 nitrogen and oxygen atoms in total. The minimum Gasteiger partial charge on any atom is -0.487 e. The largest absolute Gasteiger partial charge is 0.487 e. The van der Waals surface area contributed by atoms with Gasteiger partial charge in [0.05, 0.1) is 13.2 Å². The Bertz CT molecular complexity index is 1130. The van der Waals surface area contributed by atoms with Gasteiger partial charge >= 0.3 is 6.03 Å². The monoisotopic (exact) mass is 503 g/mol. The summed E-state index contributed by atoms with van der Waals surface area (Å²) in [6.07, 6.45) is -0.464. The Morgan fingerprint density at radius 2 is 1.80 bits per heavy atom. The first kappa shape index (κ1) is 27.0. The molecule has 35 heavy (non-hydrogen) atoms. The molecule has 0 fully saturated rings. The van der Waals surface area contributed by atoms with Gasteiger partial charge in [-0.2, -0.15) is 4.31 Å². The molecule has 2 aromatic rings. The lowest BCUT2D eigenvalue weighted by molar-refractivity contribution is 0.0810. The summed E-state index contributed by atoms with van der Waals surface area (Å²) in [5.41, 5.74) is 2.91. The summed E-state index contributed by atoms with van der Waals surface area (Å²) >= 11 is 0. The van der Waals surface area contributed by atoms with Crippen LogP contribution < -0.4 is 10.1 Å². The molecule has 2 N–H and O–H groups in total. The number of hydrogen-bond acceptors (Lipinski definition) is 5. The van der Waals surface area contributed by atoms with E-state index in [9.17, 15) is 18.3 Å². The van der Waals surface area contributed by atoms with Crippen molar-refractivity contribution in [1.82, 2.24) is 14.5 Å². The predicted octanol–water partition coefficient (Wildman–Crippen LogP) is 3.48. The zero-order valence-electron chi connectivity index (χ0n) is 21.4. The van der Waals surface area contributed by atoms with Crippen LogP contribution in [0.15, 0.2) is 47.4 Å². The summed E-state index contributed by atoms with van der Waals surface area (Å²) in [7, 11) is -2.23. The van der Waals surface area contributed by atoms with Crippen LogP contribution in [0, 0.1) is 12.8 Å². The number of aliphatic hydroxyl groups is 1. The zero-order valence-corrected chi connectivity index (χ0v) is 22.2. The number of aryl methyl sites for hydroxylation is 1. The number of amides is 2. The number of benzene rings is 2. The van der Waals surface area contributed by atoms with E-state index >= 15 is 0 Å². The fourth-order valence-electron chi connectivity index (χ4n) is 4.08. The second kappa shape index (κ2) is 11.0. The minimum absolute atomic E-state index is 0.00976. The number of nitrogens with zero attached hydrogens (tertiary/aromatic N) is 2. The maximum Gasteiger partial charge on any atom is 0.317 e. The van der Waals surface area contributed by atoms with E-state index in [1.807, 2.05) is 52.0 Å². The van der Waals surface area contributed by atoms with Crippen LogP contribution >= 0.6 is 0 Å². The molecule has 0 radical (unpaired) electrons. The normalized spacial score (nSPS) is 20.8. The Kier molecular flexibility index (Phi) is 8.46. The van der Waals surface area contributed by atoms with Crippen LogP contribution in [0.2, 0.25) is 0 Å². The summed E-state index contributed by atoms with van der Waals surface area (Å²) < 4.78 is 35.0. The van der Waals surface area contributed by atoms with E-state index < -0.39 is 22.2 Å². The Hall–Kier alpha value is -2.62. The third kappa shape index (κ3) is 6.15. The molecule has 0 unspecified atom stereocenters. The van der Waals surface area contributed by atoms with Crippen LogP contribution in [0.4, 0.5) is 4.79 Å². The lowest BCUT2D eigenvalue weighted by Crippen LogP contribution is -2.51. The standard InChI is InChI=1S/C26H37N3O5S/c1-17(2)27-26(31)28(6)15-24-19(4)14-29(20(5)16-30)35(32,33)25-12-11-22(13-23(25)34-24)21-9-7-18(3)8-10-21/h7-13,17,19-20,24,30H,14-16H2,1-6H3,(H,27,31)/t19-,20+,24+/m0/s1. The molecule has 1 heterocycles. The summed E-state index contributed by atoms with van der Waals surface area (Å²) in [5, 5.41) is 12.7. The average Bonchev–Trinajstić information content (AvgIpc) is 2.80. The summed E-state index contributed by atoms with van der Waals surface area (Å²) in [6.45, 7) is 9.51. The van der Waals surface area contributed by atoms with Crippen molar-refractivity contribution >= 4 is 16.1 Å². The molecule has 0 saturated heterocycles. The van der Waals surface area contributed by atoms with Gasteiger partial charge in [-0.15, -0.1) is 0 Å². The molecule has 0 spiro atoms. The van der Waals surface area contributed by atoms with E-state index in [0.717, 1.165) is 16.7 Å². The van der Waals surface area contributed by atoms with E-state index in [-0.39, 0.29) is 48.3 Å². The molecule has 3 atom stereocenters. The van der Waals surface area contributed by atoms with E-state index in [0.29, 0.717) is 0 Å². The third-order valence-electron chi connectivity index (χ3n) is 6.26. The van der Waals surface area contributed by atoms with Crippen molar-refractivity contribution in [2.45, 2.75) is 57.7 Å². The summed E-state index contributed by atoms with van der Waals surface area (Å²) in [5.74, 6) is -0.00307. The quantitative estimate of drug-likeness (QED) is 0.629. The summed E-state index contributed by atoms with van der Waals surface area (Å²) in [6, 6.07) is 12.2. The van der Waals surface area contributed by atoms with E-state index in [2.05, 4.69) is 5.32 Å². The predicted molar refractivity (Wildman–Crippen MR) is 137 cm³/mol. The first-order valence-corrected chi connectivity index (χ1v) is 13.4. The highest BCUT2D eigenvalue weighted by molar-refractivity contribution is 7.89. The van der Waals surface area contributed by atoms with E-state index in [4.69, 9.17) is 4.74 Å². The van der Waals surface area contributed by atoms with Crippen LogP contribution in [-0.2, 0) is 10.0 Å². The average molecular weight is 504 g/mol. The van der Waals surface area contributed by atoms with Crippen LogP contribution in [-0.4, -0.2) is 73.7 Å². The van der Waals surface area contributed by atoms with Crippen molar-refractivity contribution in [2.24, 2.45) is 5.92 Å². The topological polar surface area (TPSA) is 99.2 Å². The summed E-state index contributed by atoms with van der Waals surface area (Å²) in [4.78, 5) is 14.2. The van der Waals surface area contributed by atoms with Crippen LogP contribution in [0.3, 0.4) is 0 Å². The van der Waals surface area contributed by atoms with Gasteiger partial charge in [-0.1, -0.05) is 42.8 Å². The molecule has 1 aliphatic heterocycles. The number of aliphatic hydroxyl groups excluding tert-OH is 1. The number of fused-ring (bicyclic) bond motifs is 1. The molecular formula is C26H37N3O5S. The number of rotatable bonds is 6. The molecular weight excluding hydrogens is 466 g/mol. The van der Waals surface area contributed by atoms with Crippen molar-refractivity contribution in [2.75, 3.05) is 26.7 Å². The minimum atomic E-state index is -3.92. The van der Waals surface area contributed by atoms with Crippen molar-refractivity contribution in [3.63, 3.8) is 0 Å². The number of nitrogens with one attached hydrogen (secondary N) is 1. The Labute approximate surface area is 208 Å². The van der Waals surface area contributed by atoms with Gasteiger partial charge in [0.1, 0.15) is 16.7 Å². The Morgan fingerprint density at radius 1 is 1.17 bits per heavy atom. The van der Waals surface area contributed by atoms with Crippen LogP contribution in [0.5, 0.6) is 5.75 Å². The maximum atomic E-state index is 13.6. The van der Waals surface area contributed by atoms with Gasteiger partial charge in [0.2, 0.25) is 10.0 Å². The molecule has 0 saturated carbocycles. The Morgan fingerprint density at radius 3 is 2.40 bits per heavy atom.